The molecule has 0 saturated heterocycles. The number of nitrogens with zero attached hydrogens (tertiary/aromatic N) is 2. The minimum Gasteiger partial charge on any atom is -0.394 e. The van der Waals surface area contributed by atoms with Crippen molar-refractivity contribution in [3.8, 4) is 0 Å². The highest BCUT2D eigenvalue weighted by Crippen LogP contribution is 2.23. The van der Waals surface area contributed by atoms with Crippen LogP contribution in [0.2, 0.25) is 0 Å². The molecule has 1 unspecified atom stereocenters. The maximum atomic E-state index is 11.8. The van der Waals surface area contributed by atoms with Crippen LogP contribution in [0.4, 0.5) is 0 Å². The summed E-state index contributed by atoms with van der Waals surface area (Å²) >= 11 is 0. The Morgan fingerprint density at radius 1 is 1.40 bits per heavy atom. The number of allylic oxidation sites excluding steroid dienone is 1. The molecule has 2 heterocycles. The molecule has 25 heavy (non-hydrogen) atoms. The third kappa shape index (κ3) is 3.38. The fourth-order valence-electron chi connectivity index (χ4n) is 2.85. The SMILES string of the molecule is C[C@@H](O)[C@@H](CO)N=C1C(C(N)=O)=CN[N+]2=CC(c3ccccc3)=CC12. The van der Waals surface area contributed by atoms with Gasteiger partial charge in [0, 0.05) is 6.08 Å². The maximum absolute atomic E-state index is 11.8. The topological polar surface area (TPSA) is 111 Å². The number of hydrogen-bond acceptors (Lipinski definition) is 5. The summed E-state index contributed by atoms with van der Waals surface area (Å²) in [4.78, 5) is 16.2. The standard InChI is InChI=1S/C18H20N4O3/c1-11(24)15(10-23)21-17-14(18(19)25)8-20-22-9-13(7-16(17)22)12-5-3-2-4-6-12/h2-9,11,15-16,23-24H,10H2,1H3,(H2-,19,20,21,25)/p+1/t11-,15-,16?/m1/s1. The van der Waals surface area contributed by atoms with E-state index in [1.807, 2.05) is 47.3 Å². The lowest BCUT2D eigenvalue weighted by Gasteiger charge is -2.21. The first kappa shape index (κ1) is 17.1. The summed E-state index contributed by atoms with van der Waals surface area (Å²) in [5, 5.41) is 19.3. The molecule has 7 nitrogen and oxygen atoms in total. The number of carbonyl (C=O) groups excluding carboxylic acids is 1. The smallest absolute Gasteiger partial charge is 0.252 e. The molecule has 1 amide bonds. The first-order valence-electron chi connectivity index (χ1n) is 8.05. The summed E-state index contributed by atoms with van der Waals surface area (Å²) in [7, 11) is 0. The van der Waals surface area contributed by atoms with Crippen LogP contribution < -0.4 is 11.2 Å². The summed E-state index contributed by atoms with van der Waals surface area (Å²) < 4.78 is 1.81. The zero-order valence-corrected chi connectivity index (χ0v) is 13.8. The molecule has 3 atom stereocenters. The Labute approximate surface area is 145 Å². The average Bonchev–Trinajstić information content (AvgIpc) is 3.04. The van der Waals surface area contributed by atoms with Crippen LogP contribution in [-0.2, 0) is 4.79 Å². The second-order valence-electron chi connectivity index (χ2n) is 6.03. The van der Waals surface area contributed by atoms with E-state index in [-0.39, 0.29) is 18.2 Å². The highest BCUT2D eigenvalue weighted by atomic mass is 16.3. The Morgan fingerprint density at radius 2 is 2.12 bits per heavy atom. The largest absolute Gasteiger partial charge is 0.394 e. The van der Waals surface area contributed by atoms with Gasteiger partial charge in [0.2, 0.25) is 12.3 Å². The molecule has 3 rings (SSSR count). The van der Waals surface area contributed by atoms with Crippen molar-refractivity contribution in [3.63, 3.8) is 0 Å². The number of benzene rings is 1. The van der Waals surface area contributed by atoms with Crippen LogP contribution in [0.1, 0.15) is 12.5 Å². The molecule has 130 valence electrons. The number of aliphatic hydroxyl groups excluding tert-OH is 2. The monoisotopic (exact) mass is 341 g/mol. The number of hydrogen-bond donors (Lipinski definition) is 4. The van der Waals surface area contributed by atoms with Crippen LogP contribution in [0.15, 0.2) is 53.2 Å². The molecule has 1 aromatic carbocycles. The van der Waals surface area contributed by atoms with E-state index in [1.165, 1.54) is 6.20 Å². The van der Waals surface area contributed by atoms with Gasteiger partial charge in [0.15, 0.2) is 0 Å². The van der Waals surface area contributed by atoms with Gasteiger partial charge in [-0.2, -0.15) is 5.43 Å². The first-order valence-corrected chi connectivity index (χ1v) is 8.05. The minimum absolute atomic E-state index is 0.235. The summed E-state index contributed by atoms with van der Waals surface area (Å²) in [5.74, 6) is -0.616. The van der Waals surface area contributed by atoms with E-state index in [4.69, 9.17) is 5.73 Å². The number of nitrogens with two attached hydrogens (primary N) is 1. The number of carbonyl (C=O) groups is 1. The van der Waals surface area contributed by atoms with Crippen LogP contribution in [0.3, 0.4) is 0 Å². The van der Waals surface area contributed by atoms with Crippen LogP contribution in [0, 0.1) is 0 Å². The normalized spacial score (nSPS) is 23.1. The lowest BCUT2D eigenvalue weighted by atomic mass is 9.99. The lowest BCUT2D eigenvalue weighted by molar-refractivity contribution is -0.580. The molecule has 0 saturated carbocycles. The number of fused-ring (bicyclic) bond motifs is 1. The number of hydrazone groups is 1. The zero-order valence-electron chi connectivity index (χ0n) is 13.8. The van der Waals surface area contributed by atoms with Gasteiger partial charge in [0.25, 0.3) is 5.91 Å². The molecule has 7 heteroatoms. The van der Waals surface area contributed by atoms with Gasteiger partial charge in [0.05, 0.1) is 36.1 Å². The van der Waals surface area contributed by atoms with Crippen molar-refractivity contribution in [2.75, 3.05) is 6.61 Å². The lowest BCUT2D eigenvalue weighted by Crippen LogP contribution is -2.46. The van der Waals surface area contributed by atoms with Crippen molar-refractivity contribution in [3.05, 3.63) is 53.7 Å². The summed E-state index contributed by atoms with van der Waals surface area (Å²) in [6.45, 7) is 1.22. The van der Waals surface area contributed by atoms with Gasteiger partial charge in [-0.3, -0.25) is 9.79 Å². The summed E-state index contributed by atoms with van der Waals surface area (Å²) in [6, 6.07) is 8.75. The zero-order chi connectivity index (χ0) is 18.0. The number of amides is 1. The van der Waals surface area contributed by atoms with Crippen molar-refractivity contribution < 1.29 is 19.7 Å². The molecular weight excluding hydrogens is 320 g/mol. The van der Waals surface area contributed by atoms with Crippen LogP contribution >= 0.6 is 0 Å². The fourth-order valence-corrected chi connectivity index (χ4v) is 2.85. The van der Waals surface area contributed by atoms with E-state index in [9.17, 15) is 15.0 Å². The third-order valence-corrected chi connectivity index (χ3v) is 4.25. The molecular formula is C18H21N4O3+. The molecule has 2 aliphatic rings. The predicted molar refractivity (Wildman–Crippen MR) is 94.9 cm³/mol. The van der Waals surface area contributed by atoms with Crippen molar-refractivity contribution in [2.24, 2.45) is 10.7 Å². The Bertz CT molecular complexity index is 794. The number of aliphatic imine (C=N–C) groups is 1. The molecule has 0 bridgehead atoms. The Morgan fingerprint density at radius 3 is 2.72 bits per heavy atom. The van der Waals surface area contributed by atoms with Crippen molar-refractivity contribution in [1.29, 1.82) is 0 Å². The number of rotatable bonds is 5. The van der Waals surface area contributed by atoms with Gasteiger partial charge >= 0.3 is 0 Å². The fraction of sp³-hybridized carbons (Fsp3) is 0.278. The molecule has 0 aromatic heterocycles. The molecule has 0 spiro atoms. The highest BCUT2D eigenvalue weighted by Gasteiger charge is 2.39. The van der Waals surface area contributed by atoms with E-state index in [1.54, 1.807) is 6.92 Å². The number of primary amides is 1. The number of hydrazine groups is 1. The van der Waals surface area contributed by atoms with Gasteiger partial charge < -0.3 is 15.9 Å². The highest BCUT2D eigenvalue weighted by molar-refractivity contribution is 6.25. The first-order chi connectivity index (χ1) is 12.0. The summed E-state index contributed by atoms with van der Waals surface area (Å²) in [5.41, 5.74) is 11.2. The Balaban J connectivity index is 2.03. The predicted octanol–water partition coefficient (Wildman–Crippen LogP) is -0.394. The van der Waals surface area contributed by atoms with Gasteiger partial charge in [-0.15, -0.1) is 4.68 Å². The average molecular weight is 341 g/mol. The second kappa shape index (κ2) is 7.00. The van der Waals surface area contributed by atoms with Crippen molar-refractivity contribution >= 4 is 23.4 Å². The second-order valence-corrected chi connectivity index (χ2v) is 6.03. The molecule has 1 aromatic rings. The van der Waals surface area contributed by atoms with E-state index in [2.05, 4.69) is 10.4 Å². The maximum Gasteiger partial charge on any atom is 0.252 e. The quantitative estimate of drug-likeness (QED) is 0.546. The minimum atomic E-state index is -0.849. The van der Waals surface area contributed by atoms with Crippen molar-refractivity contribution in [1.82, 2.24) is 5.43 Å². The van der Waals surface area contributed by atoms with Gasteiger partial charge in [-0.05, 0) is 12.5 Å². The van der Waals surface area contributed by atoms with E-state index >= 15 is 0 Å². The van der Waals surface area contributed by atoms with Crippen LogP contribution in [0.5, 0.6) is 0 Å². The van der Waals surface area contributed by atoms with Crippen LogP contribution in [0.25, 0.3) is 5.57 Å². The van der Waals surface area contributed by atoms with Crippen molar-refractivity contribution in [2.45, 2.75) is 25.1 Å². The molecule has 0 radical (unpaired) electrons. The van der Waals surface area contributed by atoms with E-state index in [0.29, 0.717) is 5.71 Å². The number of nitrogens with one attached hydrogen (secondary N) is 1. The van der Waals surface area contributed by atoms with Gasteiger partial charge in [0.1, 0.15) is 5.71 Å². The van der Waals surface area contributed by atoms with E-state index in [0.717, 1.165) is 11.1 Å². The van der Waals surface area contributed by atoms with Gasteiger partial charge in [-0.25, -0.2) is 0 Å². The summed E-state index contributed by atoms with van der Waals surface area (Å²) in [6.07, 6.45) is 4.53. The molecule has 0 aliphatic carbocycles. The third-order valence-electron chi connectivity index (χ3n) is 4.25. The Kier molecular flexibility index (Phi) is 4.78. The van der Waals surface area contributed by atoms with Crippen LogP contribution in [-0.4, -0.2) is 57.5 Å². The molecule has 0 fully saturated rings. The Hall–Kier alpha value is -2.77. The van der Waals surface area contributed by atoms with Gasteiger partial charge in [-0.1, -0.05) is 30.3 Å². The number of aliphatic hydroxyl groups is 2. The molecule has 5 N–H and O–H groups in total. The van der Waals surface area contributed by atoms with E-state index < -0.39 is 18.1 Å². The molecule has 2 aliphatic heterocycles.